The second kappa shape index (κ2) is 4.65. The summed E-state index contributed by atoms with van der Waals surface area (Å²) in [7, 11) is 0. The molecule has 0 radical (unpaired) electrons. The van der Waals surface area contributed by atoms with Crippen LogP contribution >= 0.6 is 11.3 Å². The van der Waals surface area contributed by atoms with Gasteiger partial charge in [-0.2, -0.15) is 0 Å². The Kier molecular flexibility index (Phi) is 3.24. The summed E-state index contributed by atoms with van der Waals surface area (Å²) in [6.07, 6.45) is 0.399. The topological polar surface area (TPSA) is 49.4 Å². The SMILES string of the molecule is Cc1ccsc1CN1CCC(=O)NCC1=O. The number of aryl methyl sites for hydroxylation is 1. The molecule has 16 heavy (non-hydrogen) atoms. The van der Waals surface area contributed by atoms with Gasteiger partial charge in [0.15, 0.2) is 0 Å². The molecule has 0 saturated carbocycles. The second-order valence-electron chi connectivity index (χ2n) is 3.87. The molecule has 2 heterocycles. The molecular formula is C11H14N2O2S. The highest BCUT2D eigenvalue weighted by Crippen LogP contribution is 2.18. The Morgan fingerprint density at radius 2 is 2.31 bits per heavy atom. The normalized spacial score (nSPS) is 17.2. The first-order valence-electron chi connectivity index (χ1n) is 5.24. The monoisotopic (exact) mass is 238 g/mol. The summed E-state index contributed by atoms with van der Waals surface area (Å²) in [5.41, 5.74) is 1.21. The van der Waals surface area contributed by atoms with Gasteiger partial charge in [-0.3, -0.25) is 9.59 Å². The maximum atomic E-state index is 11.7. The van der Waals surface area contributed by atoms with E-state index in [0.29, 0.717) is 19.5 Å². The van der Waals surface area contributed by atoms with Crippen LogP contribution in [-0.4, -0.2) is 29.8 Å². The minimum absolute atomic E-state index is 0.00125. The number of thiophene rings is 1. The lowest BCUT2D eigenvalue weighted by molar-refractivity contribution is -0.130. The van der Waals surface area contributed by atoms with Crippen molar-refractivity contribution in [3.63, 3.8) is 0 Å². The van der Waals surface area contributed by atoms with Crippen LogP contribution in [0.5, 0.6) is 0 Å². The van der Waals surface area contributed by atoms with Crippen LogP contribution in [0.25, 0.3) is 0 Å². The third kappa shape index (κ3) is 2.41. The van der Waals surface area contributed by atoms with Crippen LogP contribution in [0, 0.1) is 6.92 Å². The van der Waals surface area contributed by atoms with Crippen molar-refractivity contribution in [1.82, 2.24) is 10.2 Å². The van der Waals surface area contributed by atoms with Crippen molar-refractivity contribution in [2.45, 2.75) is 19.9 Å². The Morgan fingerprint density at radius 3 is 3.00 bits per heavy atom. The van der Waals surface area contributed by atoms with Crippen molar-refractivity contribution in [2.24, 2.45) is 0 Å². The van der Waals surface area contributed by atoms with Gasteiger partial charge >= 0.3 is 0 Å². The molecule has 4 nitrogen and oxygen atoms in total. The molecule has 0 aromatic carbocycles. The first-order valence-corrected chi connectivity index (χ1v) is 6.12. The van der Waals surface area contributed by atoms with Gasteiger partial charge in [-0.1, -0.05) is 0 Å². The summed E-state index contributed by atoms with van der Waals surface area (Å²) in [6, 6.07) is 2.05. The Labute approximate surface area is 98.3 Å². The molecular weight excluding hydrogens is 224 g/mol. The van der Waals surface area contributed by atoms with Gasteiger partial charge < -0.3 is 10.2 Å². The molecule has 1 aromatic rings. The molecule has 1 N–H and O–H groups in total. The van der Waals surface area contributed by atoms with Crippen molar-refractivity contribution < 1.29 is 9.59 Å². The van der Waals surface area contributed by atoms with Crippen LogP contribution in [0.4, 0.5) is 0 Å². The lowest BCUT2D eigenvalue weighted by Gasteiger charge is -2.19. The fourth-order valence-corrected chi connectivity index (χ4v) is 2.56. The Morgan fingerprint density at radius 1 is 1.50 bits per heavy atom. The third-order valence-electron chi connectivity index (χ3n) is 2.70. The fraction of sp³-hybridized carbons (Fsp3) is 0.455. The van der Waals surface area contributed by atoms with Gasteiger partial charge in [-0.25, -0.2) is 0 Å². The molecule has 1 aromatic heterocycles. The molecule has 0 spiro atoms. The highest BCUT2D eigenvalue weighted by atomic mass is 32.1. The number of nitrogens with one attached hydrogen (secondary N) is 1. The van der Waals surface area contributed by atoms with Crippen molar-refractivity contribution in [1.29, 1.82) is 0 Å². The molecule has 0 bridgehead atoms. The summed E-state index contributed by atoms with van der Waals surface area (Å²) in [4.78, 5) is 25.8. The predicted octanol–water partition coefficient (Wildman–Crippen LogP) is 0.905. The van der Waals surface area contributed by atoms with Gasteiger partial charge in [0.25, 0.3) is 0 Å². The smallest absolute Gasteiger partial charge is 0.242 e. The predicted molar refractivity (Wildman–Crippen MR) is 62.1 cm³/mol. The minimum Gasteiger partial charge on any atom is -0.347 e. The summed E-state index contributed by atoms with van der Waals surface area (Å²) in [5, 5.41) is 4.62. The largest absolute Gasteiger partial charge is 0.347 e. The fourth-order valence-electron chi connectivity index (χ4n) is 1.64. The molecule has 1 aliphatic rings. The van der Waals surface area contributed by atoms with Gasteiger partial charge in [0.05, 0.1) is 13.1 Å². The van der Waals surface area contributed by atoms with Crippen molar-refractivity contribution >= 4 is 23.2 Å². The first-order chi connectivity index (χ1) is 7.66. The van der Waals surface area contributed by atoms with E-state index in [0.717, 1.165) is 0 Å². The van der Waals surface area contributed by atoms with E-state index in [1.807, 2.05) is 18.4 Å². The number of amides is 2. The van der Waals surface area contributed by atoms with Gasteiger partial charge in [0, 0.05) is 17.8 Å². The number of carbonyl (C=O) groups excluding carboxylic acids is 2. The average Bonchev–Trinajstić information content (AvgIpc) is 2.59. The maximum Gasteiger partial charge on any atom is 0.242 e. The highest BCUT2D eigenvalue weighted by molar-refractivity contribution is 7.10. The molecule has 2 amide bonds. The Hall–Kier alpha value is -1.36. The second-order valence-corrected chi connectivity index (χ2v) is 4.87. The van der Waals surface area contributed by atoms with E-state index >= 15 is 0 Å². The molecule has 1 saturated heterocycles. The zero-order chi connectivity index (χ0) is 11.5. The lowest BCUT2D eigenvalue weighted by atomic mass is 10.2. The van der Waals surface area contributed by atoms with E-state index in [4.69, 9.17) is 0 Å². The molecule has 86 valence electrons. The van der Waals surface area contributed by atoms with Crippen LogP contribution in [0.3, 0.4) is 0 Å². The number of nitrogens with zero attached hydrogens (tertiary/aromatic N) is 1. The van der Waals surface area contributed by atoms with Gasteiger partial charge in [-0.05, 0) is 23.9 Å². The van der Waals surface area contributed by atoms with E-state index in [1.165, 1.54) is 10.4 Å². The molecule has 0 unspecified atom stereocenters. The molecule has 5 heteroatoms. The zero-order valence-corrected chi connectivity index (χ0v) is 9.97. The van der Waals surface area contributed by atoms with E-state index in [1.54, 1.807) is 16.2 Å². The summed E-state index contributed by atoms with van der Waals surface area (Å²) in [5.74, 6) is -0.0441. The average molecular weight is 238 g/mol. The molecule has 0 aliphatic carbocycles. The van der Waals surface area contributed by atoms with E-state index in [-0.39, 0.29) is 18.4 Å². The summed E-state index contributed by atoms with van der Waals surface area (Å²) < 4.78 is 0. The Bertz CT molecular complexity index is 414. The van der Waals surface area contributed by atoms with Crippen molar-refractivity contribution in [2.75, 3.05) is 13.1 Å². The third-order valence-corrected chi connectivity index (χ3v) is 3.71. The van der Waals surface area contributed by atoms with Crippen LogP contribution in [0.15, 0.2) is 11.4 Å². The molecule has 0 atom stereocenters. The standard InChI is InChI=1S/C11H14N2O2S/c1-8-3-5-16-9(8)7-13-4-2-10(14)12-6-11(13)15/h3,5H,2,4,6-7H2,1H3,(H,12,14). The van der Waals surface area contributed by atoms with E-state index < -0.39 is 0 Å². The van der Waals surface area contributed by atoms with E-state index in [2.05, 4.69) is 5.32 Å². The van der Waals surface area contributed by atoms with Crippen LogP contribution in [0.1, 0.15) is 16.9 Å². The minimum atomic E-state index is -0.0428. The molecule has 2 rings (SSSR count). The number of rotatable bonds is 2. The summed E-state index contributed by atoms with van der Waals surface area (Å²) in [6.45, 7) is 3.31. The Balaban J connectivity index is 2.06. The molecule has 1 fully saturated rings. The van der Waals surface area contributed by atoms with Crippen LogP contribution in [0.2, 0.25) is 0 Å². The van der Waals surface area contributed by atoms with Gasteiger partial charge in [0.1, 0.15) is 0 Å². The van der Waals surface area contributed by atoms with Crippen LogP contribution in [-0.2, 0) is 16.1 Å². The zero-order valence-electron chi connectivity index (χ0n) is 9.16. The van der Waals surface area contributed by atoms with Gasteiger partial charge in [0.2, 0.25) is 11.8 Å². The quantitative estimate of drug-likeness (QED) is 0.832. The first kappa shape index (κ1) is 11.1. The number of hydrogen-bond donors (Lipinski definition) is 1. The maximum absolute atomic E-state index is 11.7. The molecule has 1 aliphatic heterocycles. The van der Waals surface area contributed by atoms with Crippen molar-refractivity contribution in [3.05, 3.63) is 21.9 Å². The number of hydrogen-bond acceptors (Lipinski definition) is 3. The highest BCUT2D eigenvalue weighted by Gasteiger charge is 2.20. The lowest BCUT2D eigenvalue weighted by Crippen LogP contribution is -2.34. The van der Waals surface area contributed by atoms with Crippen molar-refractivity contribution in [3.8, 4) is 0 Å². The van der Waals surface area contributed by atoms with Gasteiger partial charge in [-0.15, -0.1) is 11.3 Å². The number of carbonyl (C=O) groups is 2. The van der Waals surface area contributed by atoms with E-state index in [9.17, 15) is 9.59 Å². The summed E-state index contributed by atoms with van der Waals surface area (Å²) >= 11 is 1.65. The van der Waals surface area contributed by atoms with Crippen LogP contribution < -0.4 is 5.32 Å².